The van der Waals surface area contributed by atoms with Gasteiger partial charge >= 0.3 is 0 Å². The number of halogens is 1. The van der Waals surface area contributed by atoms with E-state index in [-0.39, 0.29) is 17.0 Å². The van der Waals surface area contributed by atoms with Gasteiger partial charge in [-0.15, -0.1) is 17.0 Å². The largest absolute Gasteiger partial charge is 0.370 e. The summed E-state index contributed by atoms with van der Waals surface area (Å²) in [6.45, 7) is 1.17. The Hall–Kier alpha value is -1.88. The number of hydrogen-bond donors (Lipinski definition) is 2. The number of hydrogen-bond acceptors (Lipinski definition) is 2. The summed E-state index contributed by atoms with van der Waals surface area (Å²) in [4.78, 5) is 8.46. The second-order valence-electron chi connectivity index (χ2n) is 3.86. The molecule has 0 spiro atoms. The Morgan fingerprint density at radius 2 is 1.84 bits per heavy atom. The van der Waals surface area contributed by atoms with E-state index in [1.807, 2.05) is 48.5 Å². The van der Waals surface area contributed by atoms with E-state index in [4.69, 9.17) is 5.73 Å². The molecule has 1 heterocycles. The first-order chi connectivity index (χ1) is 8.84. The van der Waals surface area contributed by atoms with Gasteiger partial charge in [-0.25, -0.2) is 4.99 Å². The molecule has 3 N–H and O–H groups in total. The van der Waals surface area contributed by atoms with Gasteiger partial charge < -0.3 is 11.1 Å². The molecule has 0 aliphatic heterocycles. The molecule has 1 aromatic carbocycles. The van der Waals surface area contributed by atoms with Crippen molar-refractivity contribution in [1.82, 2.24) is 10.3 Å². The predicted octanol–water partition coefficient (Wildman–Crippen LogP) is 2.26. The third-order valence-corrected chi connectivity index (χ3v) is 2.45. The summed E-state index contributed by atoms with van der Waals surface area (Å²) in [6, 6.07) is 15.8. The topological polar surface area (TPSA) is 63.3 Å². The fourth-order valence-electron chi connectivity index (χ4n) is 1.50. The maximum atomic E-state index is 5.78. The molecular formula is C14H17BrN4. The standard InChI is InChI=1S/C14H16N4.BrH/c15-14(17-10-12-6-2-1-3-7-12)18-11-13-8-4-5-9-16-13;/h1-9H,10-11H2,(H3,15,17,18);1H. The lowest BCUT2D eigenvalue weighted by Gasteiger charge is -2.04. The van der Waals surface area contributed by atoms with Crippen LogP contribution in [-0.4, -0.2) is 10.9 Å². The summed E-state index contributed by atoms with van der Waals surface area (Å²) < 4.78 is 0. The Morgan fingerprint density at radius 1 is 1.11 bits per heavy atom. The van der Waals surface area contributed by atoms with E-state index >= 15 is 0 Å². The van der Waals surface area contributed by atoms with E-state index in [1.165, 1.54) is 0 Å². The SMILES string of the molecule is Br.NC(=NCc1ccccc1)NCc1ccccn1. The van der Waals surface area contributed by atoms with Crippen LogP contribution in [0, 0.1) is 0 Å². The lowest BCUT2D eigenvalue weighted by molar-refractivity contribution is 0.853. The molecule has 0 fully saturated rings. The van der Waals surface area contributed by atoms with Crippen molar-refractivity contribution >= 4 is 22.9 Å². The lowest BCUT2D eigenvalue weighted by Crippen LogP contribution is -2.31. The third-order valence-electron chi connectivity index (χ3n) is 2.45. The summed E-state index contributed by atoms with van der Waals surface area (Å²) in [7, 11) is 0. The summed E-state index contributed by atoms with van der Waals surface area (Å²) in [5.74, 6) is 0.435. The molecule has 4 nitrogen and oxygen atoms in total. The molecular weight excluding hydrogens is 304 g/mol. The molecule has 0 radical (unpaired) electrons. The van der Waals surface area contributed by atoms with Gasteiger partial charge in [-0.1, -0.05) is 36.4 Å². The molecule has 0 unspecified atom stereocenters. The first-order valence-electron chi connectivity index (χ1n) is 5.82. The Labute approximate surface area is 123 Å². The van der Waals surface area contributed by atoms with E-state index in [0.29, 0.717) is 19.0 Å². The lowest BCUT2D eigenvalue weighted by atomic mass is 10.2. The molecule has 5 heteroatoms. The van der Waals surface area contributed by atoms with E-state index < -0.39 is 0 Å². The van der Waals surface area contributed by atoms with Crippen LogP contribution in [0.3, 0.4) is 0 Å². The van der Waals surface area contributed by atoms with Crippen LogP contribution in [0.5, 0.6) is 0 Å². The van der Waals surface area contributed by atoms with E-state index in [9.17, 15) is 0 Å². The first-order valence-corrected chi connectivity index (χ1v) is 5.82. The Bertz CT molecular complexity index is 499. The number of aliphatic imine (C=N–C) groups is 1. The summed E-state index contributed by atoms with van der Waals surface area (Å²) in [5.41, 5.74) is 7.86. The van der Waals surface area contributed by atoms with Gasteiger partial charge in [-0.3, -0.25) is 4.98 Å². The minimum absolute atomic E-state index is 0. The van der Waals surface area contributed by atoms with Crippen LogP contribution in [0.1, 0.15) is 11.3 Å². The molecule has 0 bridgehead atoms. The summed E-state index contributed by atoms with van der Waals surface area (Å²) in [5, 5.41) is 3.03. The second-order valence-corrected chi connectivity index (χ2v) is 3.86. The van der Waals surface area contributed by atoms with E-state index in [2.05, 4.69) is 15.3 Å². The fraction of sp³-hybridized carbons (Fsp3) is 0.143. The maximum absolute atomic E-state index is 5.78. The van der Waals surface area contributed by atoms with Crippen molar-refractivity contribution in [3.63, 3.8) is 0 Å². The van der Waals surface area contributed by atoms with Gasteiger partial charge in [0, 0.05) is 6.20 Å². The number of guanidine groups is 1. The fourth-order valence-corrected chi connectivity index (χ4v) is 1.50. The molecule has 0 aliphatic rings. The van der Waals surface area contributed by atoms with Crippen molar-refractivity contribution in [2.75, 3.05) is 0 Å². The number of nitrogens with one attached hydrogen (secondary N) is 1. The Balaban J connectivity index is 0.00000180. The predicted molar refractivity (Wildman–Crippen MR) is 83.2 cm³/mol. The van der Waals surface area contributed by atoms with Crippen LogP contribution in [0.4, 0.5) is 0 Å². The molecule has 100 valence electrons. The normalized spacial score (nSPS) is 10.6. The monoisotopic (exact) mass is 320 g/mol. The first kappa shape index (κ1) is 15.2. The quantitative estimate of drug-likeness (QED) is 0.671. The van der Waals surface area contributed by atoms with Crippen LogP contribution in [0.2, 0.25) is 0 Å². The zero-order valence-corrected chi connectivity index (χ0v) is 12.2. The van der Waals surface area contributed by atoms with Crippen LogP contribution >= 0.6 is 17.0 Å². The van der Waals surface area contributed by atoms with Gasteiger partial charge in [-0.2, -0.15) is 0 Å². The van der Waals surface area contributed by atoms with Crippen molar-refractivity contribution in [1.29, 1.82) is 0 Å². The van der Waals surface area contributed by atoms with E-state index in [1.54, 1.807) is 6.20 Å². The van der Waals surface area contributed by atoms with Gasteiger partial charge in [0.1, 0.15) is 0 Å². The van der Waals surface area contributed by atoms with Crippen molar-refractivity contribution in [3.05, 3.63) is 66.0 Å². The van der Waals surface area contributed by atoms with Crippen LogP contribution < -0.4 is 11.1 Å². The zero-order valence-electron chi connectivity index (χ0n) is 10.5. The highest BCUT2D eigenvalue weighted by atomic mass is 79.9. The molecule has 1 aromatic heterocycles. The van der Waals surface area contributed by atoms with Crippen LogP contribution in [0.15, 0.2) is 59.7 Å². The number of aromatic nitrogens is 1. The minimum atomic E-state index is 0. The number of benzene rings is 1. The van der Waals surface area contributed by atoms with Crippen molar-refractivity contribution < 1.29 is 0 Å². The smallest absolute Gasteiger partial charge is 0.189 e. The van der Waals surface area contributed by atoms with Crippen molar-refractivity contribution in [3.8, 4) is 0 Å². The van der Waals surface area contributed by atoms with Gasteiger partial charge in [-0.05, 0) is 17.7 Å². The number of nitrogens with zero attached hydrogens (tertiary/aromatic N) is 2. The number of rotatable bonds is 4. The molecule has 2 rings (SSSR count). The summed E-state index contributed by atoms with van der Waals surface area (Å²) >= 11 is 0. The average Bonchev–Trinajstić information content (AvgIpc) is 2.45. The number of pyridine rings is 1. The molecule has 19 heavy (non-hydrogen) atoms. The Morgan fingerprint density at radius 3 is 2.53 bits per heavy atom. The molecule has 0 aliphatic carbocycles. The van der Waals surface area contributed by atoms with E-state index in [0.717, 1.165) is 11.3 Å². The molecule has 0 saturated heterocycles. The summed E-state index contributed by atoms with van der Waals surface area (Å²) in [6.07, 6.45) is 1.76. The zero-order chi connectivity index (χ0) is 12.6. The average molecular weight is 321 g/mol. The molecule has 0 atom stereocenters. The highest BCUT2D eigenvalue weighted by molar-refractivity contribution is 8.93. The highest BCUT2D eigenvalue weighted by Crippen LogP contribution is 1.99. The van der Waals surface area contributed by atoms with Crippen LogP contribution in [-0.2, 0) is 13.1 Å². The van der Waals surface area contributed by atoms with Gasteiger partial charge in [0.05, 0.1) is 18.8 Å². The minimum Gasteiger partial charge on any atom is -0.370 e. The molecule has 2 aromatic rings. The molecule has 0 saturated carbocycles. The third kappa shape index (κ3) is 5.52. The highest BCUT2D eigenvalue weighted by Gasteiger charge is 1.95. The van der Waals surface area contributed by atoms with Crippen LogP contribution in [0.25, 0.3) is 0 Å². The maximum Gasteiger partial charge on any atom is 0.189 e. The molecule has 0 amide bonds. The van der Waals surface area contributed by atoms with Gasteiger partial charge in [0.2, 0.25) is 0 Å². The van der Waals surface area contributed by atoms with Crippen molar-refractivity contribution in [2.45, 2.75) is 13.1 Å². The van der Waals surface area contributed by atoms with Gasteiger partial charge in [0.15, 0.2) is 5.96 Å². The second kappa shape index (κ2) is 8.26. The van der Waals surface area contributed by atoms with Gasteiger partial charge in [0.25, 0.3) is 0 Å². The van der Waals surface area contributed by atoms with Crippen molar-refractivity contribution in [2.24, 2.45) is 10.7 Å². The number of nitrogens with two attached hydrogens (primary N) is 1. The Kier molecular flexibility index (Phi) is 6.60.